The molecule has 0 bridgehead atoms. The predicted molar refractivity (Wildman–Crippen MR) is 141 cm³/mol. The van der Waals surface area contributed by atoms with Crippen LogP contribution in [0.1, 0.15) is 25.0 Å². The van der Waals surface area contributed by atoms with Crippen molar-refractivity contribution < 1.29 is 4.42 Å². The van der Waals surface area contributed by atoms with Gasteiger partial charge in [-0.15, -0.1) is 0 Å². The van der Waals surface area contributed by atoms with Crippen LogP contribution in [0.3, 0.4) is 0 Å². The second kappa shape index (κ2) is 7.68. The van der Waals surface area contributed by atoms with Crippen molar-refractivity contribution in [3.63, 3.8) is 0 Å². The molecule has 0 aliphatic heterocycles. The SMILES string of the molecule is CC1(C)c2ccccc2-c2nc(-c3ccc(-c4nc5ccccc5o4)nc3)nc(-c3ccccc3)c21. The number of hydrogen-bond donors (Lipinski definition) is 0. The smallest absolute Gasteiger partial charge is 0.246 e. The summed E-state index contributed by atoms with van der Waals surface area (Å²) in [6.45, 7) is 4.51. The van der Waals surface area contributed by atoms with Gasteiger partial charge in [0.25, 0.3) is 0 Å². The Bertz CT molecular complexity index is 1720. The molecule has 0 saturated carbocycles. The van der Waals surface area contributed by atoms with Gasteiger partial charge in [-0.2, -0.15) is 0 Å². The Kier molecular flexibility index (Phi) is 4.42. The number of rotatable bonds is 3. The van der Waals surface area contributed by atoms with Crippen LogP contribution >= 0.6 is 0 Å². The molecule has 0 spiro atoms. The highest BCUT2D eigenvalue weighted by Crippen LogP contribution is 2.51. The molecular weight excluding hydrogens is 444 g/mol. The van der Waals surface area contributed by atoms with E-state index in [4.69, 9.17) is 14.4 Å². The summed E-state index contributed by atoms with van der Waals surface area (Å²) in [6.07, 6.45) is 1.80. The molecule has 1 aliphatic carbocycles. The molecular formula is C31H22N4O. The van der Waals surface area contributed by atoms with E-state index in [1.54, 1.807) is 6.20 Å². The van der Waals surface area contributed by atoms with Gasteiger partial charge in [0.15, 0.2) is 11.4 Å². The first-order chi connectivity index (χ1) is 17.6. The molecule has 0 unspecified atom stereocenters. The molecule has 3 heterocycles. The Hall–Kier alpha value is -4.64. The highest BCUT2D eigenvalue weighted by atomic mass is 16.3. The quantitative estimate of drug-likeness (QED) is 0.273. The molecule has 0 fully saturated rings. The highest BCUT2D eigenvalue weighted by Gasteiger charge is 2.39. The van der Waals surface area contributed by atoms with Crippen molar-refractivity contribution >= 4 is 11.1 Å². The first kappa shape index (κ1) is 20.7. The lowest BCUT2D eigenvalue weighted by Crippen LogP contribution is -2.17. The van der Waals surface area contributed by atoms with Crippen molar-refractivity contribution in [1.82, 2.24) is 19.9 Å². The third-order valence-electron chi connectivity index (χ3n) is 6.97. The molecule has 7 rings (SSSR count). The molecule has 3 aromatic carbocycles. The summed E-state index contributed by atoms with van der Waals surface area (Å²) in [4.78, 5) is 19.4. The molecule has 0 N–H and O–H groups in total. The van der Waals surface area contributed by atoms with Crippen molar-refractivity contribution in [2.75, 3.05) is 0 Å². The van der Waals surface area contributed by atoms with Gasteiger partial charge in [-0.3, -0.25) is 4.98 Å². The maximum absolute atomic E-state index is 5.89. The van der Waals surface area contributed by atoms with E-state index in [-0.39, 0.29) is 5.41 Å². The molecule has 5 nitrogen and oxygen atoms in total. The lowest BCUT2D eigenvalue weighted by atomic mass is 9.81. The average molecular weight is 467 g/mol. The first-order valence-corrected chi connectivity index (χ1v) is 12.0. The second-order valence-electron chi connectivity index (χ2n) is 9.57. The summed E-state index contributed by atoms with van der Waals surface area (Å²) in [7, 11) is 0. The molecule has 172 valence electrons. The fraction of sp³-hybridized carbons (Fsp3) is 0.0968. The lowest BCUT2D eigenvalue weighted by Gasteiger charge is -2.23. The number of pyridine rings is 1. The largest absolute Gasteiger partial charge is 0.435 e. The van der Waals surface area contributed by atoms with Crippen LogP contribution in [0.15, 0.2) is 102 Å². The van der Waals surface area contributed by atoms with Crippen molar-refractivity contribution in [2.45, 2.75) is 19.3 Å². The molecule has 3 aromatic heterocycles. The third-order valence-corrected chi connectivity index (χ3v) is 6.97. The Balaban J connectivity index is 1.39. The zero-order valence-electron chi connectivity index (χ0n) is 19.9. The van der Waals surface area contributed by atoms with E-state index in [0.29, 0.717) is 17.4 Å². The lowest BCUT2D eigenvalue weighted by molar-refractivity contribution is 0.617. The van der Waals surface area contributed by atoms with Gasteiger partial charge in [-0.25, -0.2) is 15.0 Å². The zero-order chi connectivity index (χ0) is 24.3. The van der Waals surface area contributed by atoms with Gasteiger partial charge in [-0.05, 0) is 29.8 Å². The summed E-state index contributed by atoms with van der Waals surface area (Å²) in [5.41, 5.74) is 9.49. The molecule has 0 atom stereocenters. The maximum Gasteiger partial charge on any atom is 0.246 e. The minimum Gasteiger partial charge on any atom is -0.435 e. The number of oxazole rings is 1. The van der Waals surface area contributed by atoms with Crippen LogP contribution in [-0.2, 0) is 5.41 Å². The van der Waals surface area contributed by atoms with Crippen molar-refractivity contribution in [3.05, 3.63) is 108 Å². The van der Waals surface area contributed by atoms with Crippen LogP contribution in [0.25, 0.3) is 56.6 Å². The fourth-order valence-electron chi connectivity index (χ4n) is 5.19. The van der Waals surface area contributed by atoms with Gasteiger partial charge in [-0.1, -0.05) is 80.6 Å². The van der Waals surface area contributed by atoms with Crippen molar-refractivity contribution in [2.24, 2.45) is 0 Å². The van der Waals surface area contributed by atoms with Crippen molar-refractivity contribution in [3.8, 4) is 45.5 Å². The highest BCUT2D eigenvalue weighted by molar-refractivity contribution is 5.86. The zero-order valence-corrected chi connectivity index (χ0v) is 19.9. The van der Waals surface area contributed by atoms with Crippen LogP contribution in [0.4, 0.5) is 0 Å². The number of aromatic nitrogens is 4. The van der Waals surface area contributed by atoms with Crippen LogP contribution in [0.5, 0.6) is 0 Å². The number of nitrogens with zero attached hydrogens (tertiary/aromatic N) is 4. The molecule has 0 amide bonds. The van der Waals surface area contributed by atoms with Crippen molar-refractivity contribution in [1.29, 1.82) is 0 Å². The number of benzene rings is 3. The molecule has 0 radical (unpaired) electrons. The first-order valence-electron chi connectivity index (χ1n) is 12.0. The van der Waals surface area contributed by atoms with E-state index < -0.39 is 0 Å². The van der Waals surface area contributed by atoms with Crippen LogP contribution in [0.2, 0.25) is 0 Å². The summed E-state index contributed by atoms with van der Waals surface area (Å²) in [5.74, 6) is 1.15. The van der Waals surface area contributed by atoms with Crippen LogP contribution in [-0.4, -0.2) is 19.9 Å². The Morgan fingerprint density at radius 1 is 0.667 bits per heavy atom. The minimum absolute atomic E-state index is 0.204. The van der Waals surface area contributed by atoms with Gasteiger partial charge in [0.2, 0.25) is 5.89 Å². The van der Waals surface area contributed by atoms with E-state index >= 15 is 0 Å². The third kappa shape index (κ3) is 3.09. The van der Waals surface area contributed by atoms with Gasteiger partial charge in [0.05, 0.1) is 11.4 Å². The molecule has 0 saturated heterocycles. The van der Waals surface area contributed by atoms with E-state index in [9.17, 15) is 0 Å². The monoisotopic (exact) mass is 466 g/mol. The second-order valence-corrected chi connectivity index (χ2v) is 9.57. The minimum atomic E-state index is -0.204. The van der Waals surface area contributed by atoms with Gasteiger partial charge >= 0.3 is 0 Å². The van der Waals surface area contributed by atoms with Crippen LogP contribution < -0.4 is 0 Å². The van der Waals surface area contributed by atoms with Gasteiger partial charge < -0.3 is 4.42 Å². The summed E-state index contributed by atoms with van der Waals surface area (Å²) >= 11 is 0. The normalized spacial score (nSPS) is 13.5. The number of hydrogen-bond acceptors (Lipinski definition) is 5. The van der Waals surface area contributed by atoms with Gasteiger partial charge in [0.1, 0.15) is 11.2 Å². The van der Waals surface area contributed by atoms with E-state index in [1.807, 2.05) is 42.5 Å². The molecule has 36 heavy (non-hydrogen) atoms. The Morgan fingerprint density at radius 3 is 2.22 bits per heavy atom. The Morgan fingerprint density at radius 2 is 1.42 bits per heavy atom. The van der Waals surface area contributed by atoms with Crippen LogP contribution in [0, 0.1) is 0 Å². The molecule has 5 heteroatoms. The van der Waals surface area contributed by atoms with E-state index in [0.717, 1.165) is 44.7 Å². The standard InChI is InChI=1S/C31H22N4O/c1-31(2)22-13-7-6-12-21(22)28-26(31)27(19-10-4-3-5-11-19)34-29(35-28)20-16-17-24(32-18-20)30-33-23-14-8-9-15-25(23)36-30/h3-18H,1-2H3. The number of para-hydroxylation sites is 2. The topological polar surface area (TPSA) is 64.7 Å². The number of fused-ring (bicyclic) bond motifs is 4. The fourth-order valence-corrected chi connectivity index (χ4v) is 5.19. The maximum atomic E-state index is 5.89. The Labute approximate surface area is 208 Å². The van der Waals surface area contributed by atoms with Gasteiger partial charge in [0, 0.05) is 33.9 Å². The average Bonchev–Trinajstić information content (AvgIpc) is 3.46. The summed E-state index contributed by atoms with van der Waals surface area (Å²) < 4.78 is 5.89. The van der Waals surface area contributed by atoms with E-state index in [1.165, 1.54) is 5.56 Å². The summed E-state index contributed by atoms with van der Waals surface area (Å²) in [5, 5.41) is 0. The summed E-state index contributed by atoms with van der Waals surface area (Å²) in [6, 6.07) is 30.5. The predicted octanol–water partition coefficient (Wildman–Crippen LogP) is 7.32. The molecule has 6 aromatic rings. The molecule has 1 aliphatic rings. The van der Waals surface area contributed by atoms with E-state index in [2.05, 4.69) is 72.3 Å².